The fraction of sp³-hybridized carbons (Fsp3) is 0.467. The number of hydrogen-bond donors (Lipinski definition) is 0. The summed E-state index contributed by atoms with van der Waals surface area (Å²) in [4.78, 5) is 2.22. The fourth-order valence-corrected chi connectivity index (χ4v) is 2.99. The second kappa shape index (κ2) is 7.13. The molecule has 0 radical (unpaired) electrons. The summed E-state index contributed by atoms with van der Waals surface area (Å²) in [5, 5.41) is 9.58. The number of benzene rings is 1. The molecule has 0 aliphatic carbocycles. The summed E-state index contributed by atoms with van der Waals surface area (Å²) in [5.41, 5.74) is 2.30. The molecule has 118 valence electrons. The molecule has 7 heteroatoms. The minimum atomic E-state index is 0.549. The summed E-state index contributed by atoms with van der Waals surface area (Å²) in [7, 11) is 1.68. The number of rotatable bonds is 5. The van der Waals surface area contributed by atoms with Gasteiger partial charge < -0.3 is 14.4 Å². The van der Waals surface area contributed by atoms with Crippen molar-refractivity contribution in [1.29, 1.82) is 0 Å². The Morgan fingerprint density at radius 2 is 1.91 bits per heavy atom. The van der Waals surface area contributed by atoms with E-state index in [4.69, 9.17) is 9.47 Å². The first-order valence-electron chi connectivity index (χ1n) is 7.26. The number of thioether (sulfide) groups is 1. The molecule has 0 spiro atoms. The highest BCUT2D eigenvalue weighted by Crippen LogP contribution is 2.27. The van der Waals surface area contributed by atoms with E-state index in [1.807, 2.05) is 0 Å². The zero-order valence-electron chi connectivity index (χ0n) is 12.9. The molecule has 1 fully saturated rings. The summed E-state index contributed by atoms with van der Waals surface area (Å²) in [6, 6.07) is 8.39. The topological polar surface area (TPSA) is 52.4 Å². The van der Waals surface area contributed by atoms with Crippen LogP contribution in [0.5, 0.6) is 0 Å². The number of hydrogen-bond acceptors (Lipinski definition) is 6. The first-order chi connectivity index (χ1) is 10.8. The van der Waals surface area contributed by atoms with Gasteiger partial charge in [0.1, 0.15) is 0 Å². The van der Waals surface area contributed by atoms with Gasteiger partial charge >= 0.3 is 0 Å². The second-order valence-electron chi connectivity index (χ2n) is 5.10. The van der Waals surface area contributed by atoms with Crippen molar-refractivity contribution in [2.75, 3.05) is 44.3 Å². The highest BCUT2D eigenvalue weighted by molar-refractivity contribution is 7.99. The first kappa shape index (κ1) is 15.3. The van der Waals surface area contributed by atoms with Crippen LogP contribution in [0.25, 0.3) is 5.69 Å². The van der Waals surface area contributed by atoms with Gasteiger partial charge in [-0.05, 0) is 19.1 Å². The molecule has 1 saturated heterocycles. The van der Waals surface area contributed by atoms with Crippen molar-refractivity contribution < 1.29 is 9.47 Å². The third-order valence-corrected chi connectivity index (χ3v) is 4.38. The van der Waals surface area contributed by atoms with Crippen LogP contribution in [0.3, 0.4) is 0 Å². The Bertz CT molecular complexity index is 609. The van der Waals surface area contributed by atoms with Crippen LogP contribution in [-0.2, 0) is 9.47 Å². The molecule has 2 aromatic rings. The van der Waals surface area contributed by atoms with Gasteiger partial charge in [0.2, 0.25) is 5.95 Å². The highest BCUT2D eigenvalue weighted by Gasteiger charge is 2.21. The van der Waals surface area contributed by atoms with E-state index in [0.29, 0.717) is 5.94 Å². The molecule has 0 unspecified atom stereocenters. The van der Waals surface area contributed by atoms with Crippen molar-refractivity contribution in [1.82, 2.24) is 14.8 Å². The molecular weight excluding hydrogens is 300 g/mol. The highest BCUT2D eigenvalue weighted by atomic mass is 32.2. The summed E-state index contributed by atoms with van der Waals surface area (Å²) >= 11 is 1.54. The van der Waals surface area contributed by atoms with Crippen molar-refractivity contribution in [2.24, 2.45) is 0 Å². The SMILES string of the molecule is COCSc1nnc(N2CCOCC2)n1-c1ccc(C)cc1. The molecule has 1 aliphatic heterocycles. The monoisotopic (exact) mass is 320 g/mol. The average Bonchev–Trinajstić information content (AvgIpc) is 2.98. The number of anilines is 1. The smallest absolute Gasteiger partial charge is 0.232 e. The van der Waals surface area contributed by atoms with Gasteiger partial charge in [-0.25, -0.2) is 0 Å². The van der Waals surface area contributed by atoms with Crippen LogP contribution in [0, 0.1) is 6.92 Å². The third kappa shape index (κ3) is 3.26. The predicted molar refractivity (Wildman–Crippen MR) is 86.9 cm³/mol. The van der Waals surface area contributed by atoms with E-state index in [-0.39, 0.29) is 0 Å². The maximum absolute atomic E-state index is 5.43. The van der Waals surface area contributed by atoms with Crippen molar-refractivity contribution >= 4 is 17.7 Å². The normalized spacial score (nSPS) is 15.3. The number of aryl methyl sites for hydroxylation is 1. The van der Waals surface area contributed by atoms with Gasteiger partial charge in [0.15, 0.2) is 5.16 Å². The van der Waals surface area contributed by atoms with Crippen LogP contribution >= 0.6 is 11.8 Å². The lowest BCUT2D eigenvalue weighted by Gasteiger charge is -2.27. The van der Waals surface area contributed by atoms with Gasteiger partial charge in [0, 0.05) is 20.2 Å². The van der Waals surface area contributed by atoms with Crippen LogP contribution in [0.2, 0.25) is 0 Å². The summed E-state index contributed by atoms with van der Waals surface area (Å²) in [6.07, 6.45) is 0. The second-order valence-corrected chi connectivity index (χ2v) is 5.99. The predicted octanol–water partition coefficient (Wildman–Crippen LogP) is 2.11. The van der Waals surface area contributed by atoms with Crippen molar-refractivity contribution in [3.8, 4) is 5.69 Å². The molecule has 22 heavy (non-hydrogen) atoms. The van der Waals surface area contributed by atoms with E-state index >= 15 is 0 Å². The Labute approximate surface area is 134 Å². The fourth-order valence-electron chi connectivity index (χ4n) is 2.36. The summed E-state index contributed by atoms with van der Waals surface area (Å²) < 4.78 is 12.7. The molecule has 2 heterocycles. The molecule has 0 bridgehead atoms. The van der Waals surface area contributed by atoms with Gasteiger partial charge in [-0.1, -0.05) is 29.5 Å². The summed E-state index contributed by atoms with van der Waals surface area (Å²) in [5.74, 6) is 1.42. The zero-order chi connectivity index (χ0) is 15.4. The van der Waals surface area contributed by atoms with E-state index in [9.17, 15) is 0 Å². The van der Waals surface area contributed by atoms with Crippen molar-refractivity contribution in [2.45, 2.75) is 12.1 Å². The number of methoxy groups -OCH3 is 1. The molecule has 3 rings (SSSR count). The summed E-state index contributed by atoms with van der Waals surface area (Å²) in [6.45, 7) is 5.19. The third-order valence-electron chi connectivity index (χ3n) is 3.51. The molecule has 0 amide bonds. The Balaban J connectivity index is 1.98. The quantitative estimate of drug-likeness (QED) is 0.621. The lowest BCUT2D eigenvalue weighted by Crippen LogP contribution is -2.37. The van der Waals surface area contributed by atoms with Crippen LogP contribution in [0.4, 0.5) is 5.95 Å². The largest absolute Gasteiger partial charge is 0.378 e. The number of aromatic nitrogens is 3. The Morgan fingerprint density at radius 3 is 2.59 bits per heavy atom. The van der Waals surface area contributed by atoms with Gasteiger partial charge in [0.25, 0.3) is 0 Å². The number of morpholine rings is 1. The van der Waals surface area contributed by atoms with Gasteiger partial charge in [0.05, 0.1) is 24.8 Å². The maximum Gasteiger partial charge on any atom is 0.232 e. The van der Waals surface area contributed by atoms with Crippen LogP contribution in [0.1, 0.15) is 5.56 Å². The minimum Gasteiger partial charge on any atom is -0.378 e. The van der Waals surface area contributed by atoms with E-state index < -0.39 is 0 Å². The molecule has 0 atom stereocenters. The standard InChI is InChI=1S/C15H20N4O2S/c1-12-3-5-13(6-4-12)19-14(18-7-9-21-10-8-18)16-17-15(19)22-11-20-2/h3-6H,7-11H2,1-2H3. The molecule has 6 nitrogen and oxygen atoms in total. The van der Waals surface area contributed by atoms with Crippen LogP contribution in [-0.4, -0.2) is 54.1 Å². The average molecular weight is 320 g/mol. The van der Waals surface area contributed by atoms with Crippen molar-refractivity contribution in [3.63, 3.8) is 0 Å². The Kier molecular flexibility index (Phi) is 4.97. The number of ether oxygens (including phenoxy) is 2. The van der Waals surface area contributed by atoms with Crippen molar-refractivity contribution in [3.05, 3.63) is 29.8 Å². The zero-order valence-corrected chi connectivity index (χ0v) is 13.7. The van der Waals surface area contributed by atoms with E-state index in [0.717, 1.165) is 43.1 Å². The van der Waals surface area contributed by atoms with Crippen LogP contribution < -0.4 is 4.90 Å². The lowest BCUT2D eigenvalue weighted by atomic mass is 10.2. The first-order valence-corrected chi connectivity index (χ1v) is 8.25. The molecule has 1 aliphatic rings. The number of nitrogens with zero attached hydrogens (tertiary/aromatic N) is 4. The minimum absolute atomic E-state index is 0.549. The van der Waals surface area contributed by atoms with E-state index in [1.54, 1.807) is 18.9 Å². The maximum atomic E-state index is 5.43. The lowest BCUT2D eigenvalue weighted by molar-refractivity contribution is 0.122. The Hall–Kier alpha value is -1.57. The molecule has 1 aromatic carbocycles. The molecule has 0 N–H and O–H groups in total. The van der Waals surface area contributed by atoms with E-state index in [2.05, 4.69) is 50.9 Å². The molecular formula is C15H20N4O2S. The molecule has 0 saturated carbocycles. The van der Waals surface area contributed by atoms with Crippen LogP contribution in [0.15, 0.2) is 29.4 Å². The van der Waals surface area contributed by atoms with Gasteiger partial charge in [-0.2, -0.15) is 0 Å². The van der Waals surface area contributed by atoms with Gasteiger partial charge in [-0.3, -0.25) is 4.57 Å². The molecule has 1 aromatic heterocycles. The van der Waals surface area contributed by atoms with Gasteiger partial charge in [-0.15, -0.1) is 10.2 Å². The van der Waals surface area contributed by atoms with E-state index in [1.165, 1.54) is 5.56 Å². The Morgan fingerprint density at radius 1 is 1.18 bits per heavy atom.